The summed E-state index contributed by atoms with van der Waals surface area (Å²) in [6.45, 7) is 1.81. The van der Waals surface area contributed by atoms with E-state index >= 15 is 0 Å². The molecular formula is C14H11Cl2N5O. The molecule has 0 saturated heterocycles. The number of nitrogens with zero attached hydrogens (tertiary/aromatic N) is 3. The molecule has 0 amide bonds. The van der Waals surface area contributed by atoms with Crippen LogP contribution in [0.25, 0.3) is 0 Å². The summed E-state index contributed by atoms with van der Waals surface area (Å²) in [5.41, 5.74) is 0.628. The third-order valence-corrected chi connectivity index (χ3v) is 3.56. The third-order valence-electron chi connectivity index (χ3n) is 2.74. The molecule has 0 aliphatic heterocycles. The predicted octanol–water partition coefficient (Wildman–Crippen LogP) is 4.57. The summed E-state index contributed by atoms with van der Waals surface area (Å²) in [4.78, 5) is 8.47. The molecule has 8 heteroatoms. The van der Waals surface area contributed by atoms with E-state index in [0.29, 0.717) is 39.1 Å². The SMILES string of the molecule is Cc1cc(Nc2ccnc(Nc3cccc(Cl)c3Cl)n2)no1. The average molecular weight is 336 g/mol. The average Bonchev–Trinajstić information content (AvgIpc) is 2.89. The molecule has 6 nitrogen and oxygen atoms in total. The summed E-state index contributed by atoms with van der Waals surface area (Å²) >= 11 is 12.1. The van der Waals surface area contributed by atoms with E-state index in [-0.39, 0.29) is 0 Å². The first-order chi connectivity index (χ1) is 10.6. The van der Waals surface area contributed by atoms with Gasteiger partial charge in [0.2, 0.25) is 5.95 Å². The molecule has 0 radical (unpaired) electrons. The molecule has 0 aliphatic carbocycles. The largest absolute Gasteiger partial charge is 0.360 e. The lowest BCUT2D eigenvalue weighted by molar-refractivity contribution is 0.400. The maximum absolute atomic E-state index is 6.13. The molecular weight excluding hydrogens is 325 g/mol. The van der Waals surface area contributed by atoms with Gasteiger partial charge < -0.3 is 15.2 Å². The van der Waals surface area contributed by atoms with E-state index < -0.39 is 0 Å². The molecule has 112 valence electrons. The molecule has 2 heterocycles. The van der Waals surface area contributed by atoms with Crippen LogP contribution in [0, 0.1) is 6.92 Å². The second-order valence-corrected chi connectivity index (χ2v) is 5.22. The van der Waals surface area contributed by atoms with E-state index in [1.54, 1.807) is 36.5 Å². The molecule has 1 aromatic carbocycles. The molecule has 0 atom stereocenters. The predicted molar refractivity (Wildman–Crippen MR) is 86.3 cm³/mol. The Labute approximate surface area is 136 Å². The van der Waals surface area contributed by atoms with Crippen molar-refractivity contribution in [2.45, 2.75) is 6.92 Å². The fourth-order valence-electron chi connectivity index (χ4n) is 1.77. The lowest BCUT2D eigenvalue weighted by atomic mass is 10.3. The van der Waals surface area contributed by atoms with Crippen LogP contribution in [-0.2, 0) is 0 Å². The summed E-state index contributed by atoms with van der Waals surface area (Å²) in [6, 6.07) is 8.77. The molecule has 0 saturated carbocycles. The van der Waals surface area contributed by atoms with Gasteiger partial charge in [0.1, 0.15) is 11.6 Å². The van der Waals surface area contributed by atoms with Gasteiger partial charge in [-0.3, -0.25) is 0 Å². The van der Waals surface area contributed by atoms with E-state index in [9.17, 15) is 0 Å². The molecule has 0 bridgehead atoms. The fourth-order valence-corrected chi connectivity index (χ4v) is 2.11. The second-order valence-electron chi connectivity index (χ2n) is 4.44. The van der Waals surface area contributed by atoms with Crippen molar-refractivity contribution in [3.63, 3.8) is 0 Å². The summed E-state index contributed by atoms with van der Waals surface area (Å²) < 4.78 is 4.99. The monoisotopic (exact) mass is 335 g/mol. The number of rotatable bonds is 4. The van der Waals surface area contributed by atoms with Crippen LogP contribution in [0.4, 0.5) is 23.3 Å². The molecule has 0 fully saturated rings. The van der Waals surface area contributed by atoms with Gasteiger partial charge in [0.05, 0.1) is 15.7 Å². The number of aryl methyl sites for hydroxylation is 1. The zero-order valence-corrected chi connectivity index (χ0v) is 13.0. The first-order valence-corrected chi connectivity index (χ1v) is 7.12. The standard InChI is InChI=1S/C14H11Cl2N5O/c1-8-7-12(21-22-8)19-11-5-6-17-14(20-11)18-10-4-2-3-9(15)13(10)16/h2-7H,1H3,(H2,17,18,19,20,21). The van der Waals surface area contributed by atoms with E-state index in [2.05, 4.69) is 25.8 Å². The molecule has 3 rings (SSSR count). The van der Waals surface area contributed by atoms with Crippen molar-refractivity contribution >= 4 is 46.5 Å². The zero-order chi connectivity index (χ0) is 15.5. The second kappa shape index (κ2) is 6.21. The molecule has 22 heavy (non-hydrogen) atoms. The zero-order valence-electron chi connectivity index (χ0n) is 11.5. The van der Waals surface area contributed by atoms with E-state index in [0.717, 1.165) is 0 Å². The van der Waals surface area contributed by atoms with Gasteiger partial charge in [0.15, 0.2) is 5.82 Å². The Balaban J connectivity index is 1.80. The van der Waals surface area contributed by atoms with Crippen LogP contribution in [0.3, 0.4) is 0 Å². The van der Waals surface area contributed by atoms with Crippen molar-refractivity contribution in [1.29, 1.82) is 0 Å². The van der Waals surface area contributed by atoms with Gasteiger partial charge in [-0.25, -0.2) is 4.98 Å². The van der Waals surface area contributed by atoms with Crippen molar-refractivity contribution in [3.05, 3.63) is 52.3 Å². The van der Waals surface area contributed by atoms with Gasteiger partial charge in [0, 0.05) is 12.3 Å². The van der Waals surface area contributed by atoms with Crippen molar-refractivity contribution in [2.75, 3.05) is 10.6 Å². The van der Waals surface area contributed by atoms with Crippen LogP contribution in [0.15, 0.2) is 41.1 Å². The van der Waals surface area contributed by atoms with E-state index in [1.807, 2.05) is 6.92 Å². The van der Waals surface area contributed by atoms with Crippen LogP contribution < -0.4 is 10.6 Å². The molecule has 0 aliphatic rings. The van der Waals surface area contributed by atoms with E-state index in [4.69, 9.17) is 27.7 Å². The smallest absolute Gasteiger partial charge is 0.229 e. The Hall–Kier alpha value is -2.31. The maximum atomic E-state index is 6.13. The van der Waals surface area contributed by atoms with Crippen molar-refractivity contribution in [2.24, 2.45) is 0 Å². The number of halogens is 2. The first-order valence-electron chi connectivity index (χ1n) is 6.36. The lowest BCUT2D eigenvalue weighted by Crippen LogP contribution is -2.00. The molecule has 0 unspecified atom stereocenters. The first kappa shape index (κ1) is 14.6. The summed E-state index contributed by atoms with van der Waals surface area (Å²) in [5.74, 6) is 2.24. The Morgan fingerprint density at radius 3 is 2.73 bits per heavy atom. The summed E-state index contributed by atoms with van der Waals surface area (Å²) in [5, 5.41) is 10.8. The van der Waals surface area contributed by atoms with Crippen LogP contribution in [0.5, 0.6) is 0 Å². The van der Waals surface area contributed by atoms with Gasteiger partial charge >= 0.3 is 0 Å². The molecule has 2 aromatic heterocycles. The van der Waals surface area contributed by atoms with Crippen molar-refractivity contribution in [1.82, 2.24) is 15.1 Å². The summed E-state index contributed by atoms with van der Waals surface area (Å²) in [7, 11) is 0. The van der Waals surface area contributed by atoms with Gasteiger partial charge in [-0.05, 0) is 25.1 Å². The molecule has 2 N–H and O–H groups in total. The highest BCUT2D eigenvalue weighted by molar-refractivity contribution is 6.43. The van der Waals surface area contributed by atoms with Crippen molar-refractivity contribution < 1.29 is 4.52 Å². The highest BCUT2D eigenvalue weighted by Gasteiger charge is 2.07. The molecule has 3 aromatic rings. The summed E-state index contributed by atoms with van der Waals surface area (Å²) in [6.07, 6.45) is 1.61. The highest BCUT2D eigenvalue weighted by atomic mass is 35.5. The minimum Gasteiger partial charge on any atom is -0.360 e. The number of nitrogens with one attached hydrogen (secondary N) is 2. The third kappa shape index (κ3) is 3.29. The minimum atomic E-state index is 0.384. The lowest BCUT2D eigenvalue weighted by Gasteiger charge is -2.09. The van der Waals surface area contributed by atoms with Crippen molar-refractivity contribution in [3.8, 4) is 0 Å². The van der Waals surface area contributed by atoms with Crippen LogP contribution in [0.2, 0.25) is 10.0 Å². The van der Waals surface area contributed by atoms with E-state index in [1.165, 1.54) is 0 Å². The Bertz CT molecular complexity index is 805. The Kier molecular flexibility index (Phi) is 4.13. The number of aromatic nitrogens is 3. The number of anilines is 4. The topological polar surface area (TPSA) is 75.9 Å². The Morgan fingerprint density at radius 1 is 1.09 bits per heavy atom. The maximum Gasteiger partial charge on any atom is 0.229 e. The van der Waals surface area contributed by atoms with Crippen LogP contribution in [0.1, 0.15) is 5.76 Å². The minimum absolute atomic E-state index is 0.384. The van der Waals surface area contributed by atoms with Gasteiger partial charge in [-0.15, -0.1) is 0 Å². The van der Waals surface area contributed by atoms with Crippen LogP contribution >= 0.6 is 23.2 Å². The normalized spacial score (nSPS) is 10.5. The van der Waals surface area contributed by atoms with Gasteiger partial charge in [-0.1, -0.05) is 34.4 Å². The number of hydrogen-bond acceptors (Lipinski definition) is 6. The number of hydrogen-bond donors (Lipinski definition) is 2. The fraction of sp³-hybridized carbons (Fsp3) is 0.0714. The molecule has 0 spiro atoms. The Morgan fingerprint density at radius 2 is 1.95 bits per heavy atom. The van der Waals surface area contributed by atoms with Gasteiger partial charge in [0.25, 0.3) is 0 Å². The highest BCUT2D eigenvalue weighted by Crippen LogP contribution is 2.31. The van der Waals surface area contributed by atoms with Gasteiger partial charge in [-0.2, -0.15) is 4.98 Å². The number of benzene rings is 1. The van der Waals surface area contributed by atoms with Crippen LogP contribution in [-0.4, -0.2) is 15.1 Å². The quantitative estimate of drug-likeness (QED) is 0.727.